The molecule has 9 heteroatoms. The number of fused-ring (bicyclic) bond motifs is 3. The molecule has 2 aliphatic heterocycles. The molecule has 0 spiro atoms. The third-order valence-corrected chi connectivity index (χ3v) is 8.25. The third-order valence-electron chi connectivity index (χ3n) is 8.25. The molecule has 1 unspecified atom stereocenters. The molecule has 42 heavy (non-hydrogen) atoms. The first-order valence-corrected chi connectivity index (χ1v) is 14.8. The fourth-order valence-electron chi connectivity index (χ4n) is 5.96. The molecule has 1 amide bonds. The molecule has 2 aromatic heterocycles. The molecule has 9 nitrogen and oxygen atoms in total. The molecule has 2 aliphatic rings. The van der Waals surface area contributed by atoms with E-state index in [1.807, 2.05) is 41.2 Å². The van der Waals surface area contributed by atoms with Crippen LogP contribution in [-0.4, -0.2) is 58.7 Å². The van der Waals surface area contributed by atoms with Gasteiger partial charge in [-0.3, -0.25) is 4.79 Å². The number of likely N-dealkylation sites (N-methyl/N-ethyl adjacent to an activating group) is 1. The number of carbonyl (C=O) groups excluding carboxylic acids is 1. The van der Waals surface area contributed by atoms with Gasteiger partial charge in [0.25, 0.3) is 5.91 Å². The van der Waals surface area contributed by atoms with Crippen LogP contribution in [0.4, 0.5) is 17.3 Å². The molecule has 218 valence electrons. The minimum atomic E-state index is -0.0912. The van der Waals surface area contributed by atoms with Crippen LogP contribution in [0.25, 0.3) is 5.82 Å². The zero-order chi connectivity index (χ0) is 29.2. The van der Waals surface area contributed by atoms with Gasteiger partial charge in [-0.05, 0) is 68.5 Å². The maximum absolute atomic E-state index is 13.5. The molecule has 0 radical (unpaired) electrons. The number of aromatic nitrogens is 3. The van der Waals surface area contributed by atoms with E-state index in [-0.39, 0.29) is 12.0 Å². The Hall–Kier alpha value is -4.37. The van der Waals surface area contributed by atoms with Gasteiger partial charge >= 0.3 is 0 Å². The average molecular weight is 567 g/mol. The van der Waals surface area contributed by atoms with Crippen molar-refractivity contribution in [3.8, 4) is 17.3 Å². The maximum Gasteiger partial charge on any atom is 0.257 e. The summed E-state index contributed by atoms with van der Waals surface area (Å²) in [6, 6.07) is 13.9. The second kappa shape index (κ2) is 11.9. The second-order valence-corrected chi connectivity index (χ2v) is 11.0. The SMILES string of the molecule is CCc1cccc(CC)c1NC(=O)c1ccn2c1CCc1cnc(Nc3ccc(OC4CCN(C)C4)cc3OC)nc1-2. The largest absolute Gasteiger partial charge is 0.494 e. The highest BCUT2D eigenvalue weighted by atomic mass is 16.5. The van der Waals surface area contributed by atoms with Gasteiger partial charge in [-0.15, -0.1) is 0 Å². The number of hydrogen-bond donors (Lipinski definition) is 2. The third kappa shape index (κ3) is 5.44. The summed E-state index contributed by atoms with van der Waals surface area (Å²) in [5.74, 6) is 2.57. The Morgan fingerprint density at radius 2 is 1.90 bits per heavy atom. The van der Waals surface area contributed by atoms with Gasteiger partial charge in [0, 0.05) is 48.5 Å². The average Bonchev–Trinajstić information content (AvgIpc) is 3.64. The molecular formula is C33H38N6O3. The van der Waals surface area contributed by atoms with Gasteiger partial charge in [0.05, 0.1) is 18.4 Å². The van der Waals surface area contributed by atoms with Crippen LogP contribution in [-0.2, 0) is 25.7 Å². The smallest absolute Gasteiger partial charge is 0.257 e. The van der Waals surface area contributed by atoms with E-state index in [2.05, 4.69) is 59.6 Å². The monoisotopic (exact) mass is 566 g/mol. The summed E-state index contributed by atoms with van der Waals surface area (Å²) in [5, 5.41) is 6.54. The van der Waals surface area contributed by atoms with Gasteiger partial charge in [0.1, 0.15) is 23.4 Å². The highest BCUT2D eigenvalue weighted by Gasteiger charge is 2.25. The summed E-state index contributed by atoms with van der Waals surface area (Å²) >= 11 is 0. The van der Waals surface area contributed by atoms with Crippen LogP contribution in [0.15, 0.2) is 54.9 Å². The second-order valence-electron chi connectivity index (χ2n) is 11.0. The lowest BCUT2D eigenvalue weighted by atomic mass is 10.0. The summed E-state index contributed by atoms with van der Waals surface area (Å²) in [5.41, 5.74) is 6.63. The standard InChI is InChI=1S/C33H38N6O3/c1-5-21-8-7-9-22(6-2)30(21)36-32(40)26-15-17-39-28(26)13-10-23-19-34-33(37-31(23)39)35-27-12-11-24(18-29(27)41-4)42-25-14-16-38(3)20-25/h7-9,11-12,15,17-19,25H,5-6,10,13-14,16,20H2,1-4H3,(H,36,40)(H,34,35,37). The van der Waals surface area contributed by atoms with E-state index in [1.165, 1.54) is 0 Å². The number of amides is 1. The molecule has 4 heterocycles. The first-order chi connectivity index (χ1) is 20.5. The van der Waals surface area contributed by atoms with E-state index < -0.39 is 0 Å². The minimum absolute atomic E-state index is 0.0912. The van der Waals surface area contributed by atoms with Gasteiger partial charge in [-0.25, -0.2) is 4.98 Å². The summed E-state index contributed by atoms with van der Waals surface area (Å²) in [4.78, 5) is 25.2. The minimum Gasteiger partial charge on any atom is -0.494 e. The van der Waals surface area contributed by atoms with Crippen molar-refractivity contribution < 1.29 is 14.3 Å². The molecule has 0 saturated carbocycles. The van der Waals surface area contributed by atoms with E-state index in [0.29, 0.717) is 17.3 Å². The van der Waals surface area contributed by atoms with E-state index in [1.54, 1.807) is 7.11 Å². The number of carbonyl (C=O) groups is 1. The zero-order valence-electron chi connectivity index (χ0n) is 24.7. The Morgan fingerprint density at radius 1 is 1.10 bits per heavy atom. The summed E-state index contributed by atoms with van der Waals surface area (Å²) in [6.45, 7) is 6.18. The molecule has 0 bridgehead atoms. The number of nitrogens with one attached hydrogen (secondary N) is 2. The summed E-state index contributed by atoms with van der Waals surface area (Å²) in [6.07, 6.45) is 8.20. The molecule has 1 saturated heterocycles. The first kappa shape index (κ1) is 27.8. The van der Waals surface area contributed by atoms with E-state index in [0.717, 1.165) is 90.5 Å². The lowest BCUT2D eigenvalue weighted by Gasteiger charge is -2.21. The summed E-state index contributed by atoms with van der Waals surface area (Å²) in [7, 11) is 3.75. The van der Waals surface area contributed by atoms with E-state index >= 15 is 0 Å². The van der Waals surface area contributed by atoms with Crippen LogP contribution in [0.5, 0.6) is 11.5 Å². The van der Waals surface area contributed by atoms with Crippen LogP contribution in [0.2, 0.25) is 0 Å². The van der Waals surface area contributed by atoms with Crippen molar-refractivity contribution in [2.24, 2.45) is 0 Å². The van der Waals surface area contributed by atoms with Crippen molar-refractivity contribution in [3.63, 3.8) is 0 Å². The van der Waals surface area contributed by atoms with Crippen LogP contribution < -0.4 is 20.1 Å². The predicted octanol–water partition coefficient (Wildman–Crippen LogP) is 5.58. The number of rotatable bonds is 9. The van der Waals surface area contributed by atoms with Crippen molar-refractivity contribution in [2.75, 3.05) is 37.9 Å². The van der Waals surface area contributed by atoms with Crippen LogP contribution in [0.3, 0.4) is 0 Å². The van der Waals surface area contributed by atoms with Gasteiger partial charge < -0.3 is 29.6 Å². The van der Waals surface area contributed by atoms with Crippen LogP contribution in [0, 0.1) is 0 Å². The number of nitrogens with zero attached hydrogens (tertiary/aromatic N) is 4. The topological polar surface area (TPSA) is 93.5 Å². The van der Waals surface area contributed by atoms with Gasteiger partial charge in [-0.1, -0.05) is 32.0 Å². The van der Waals surface area contributed by atoms with Crippen LogP contribution >= 0.6 is 0 Å². The van der Waals surface area contributed by atoms with Gasteiger partial charge in [0.2, 0.25) is 5.95 Å². The van der Waals surface area contributed by atoms with Crippen molar-refractivity contribution in [3.05, 3.63) is 82.8 Å². The first-order valence-electron chi connectivity index (χ1n) is 14.8. The zero-order valence-corrected chi connectivity index (χ0v) is 24.7. The molecule has 2 N–H and O–H groups in total. The van der Waals surface area contributed by atoms with Gasteiger partial charge in [-0.2, -0.15) is 4.98 Å². The highest BCUT2D eigenvalue weighted by molar-refractivity contribution is 6.06. The number of methoxy groups -OCH3 is 1. The molecular weight excluding hydrogens is 528 g/mol. The lowest BCUT2D eigenvalue weighted by molar-refractivity contribution is 0.102. The fourth-order valence-corrected chi connectivity index (χ4v) is 5.96. The lowest BCUT2D eigenvalue weighted by Crippen LogP contribution is -2.21. The molecule has 0 aliphatic carbocycles. The normalized spacial score (nSPS) is 16.0. The van der Waals surface area contributed by atoms with E-state index in [9.17, 15) is 4.79 Å². The number of hydrogen-bond acceptors (Lipinski definition) is 7. The summed E-state index contributed by atoms with van der Waals surface area (Å²) < 4.78 is 13.9. The molecule has 1 atom stereocenters. The number of ether oxygens (including phenoxy) is 2. The Kier molecular flexibility index (Phi) is 7.84. The molecule has 2 aromatic carbocycles. The number of likely N-dealkylation sites (tertiary alicyclic amines) is 1. The van der Waals surface area contributed by atoms with Crippen LogP contribution in [0.1, 0.15) is 53.0 Å². The number of aryl methyl sites for hydroxylation is 3. The fraction of sp³-hybridized carbons (Fsp3) is 0.364. The molecule has 6 rings (SSSR count). The van der Waals surface area contributed by atoms with Crippen molar-refractivity contribution in [1.82, 2.24) is 19.4 Å². The Labute approximate surface area is 246 Å². The quantitative estimate of drug-likeness (QED) is 0.273. The van der Waals surface area contributed by atoms with Crippen molar-refractivity contribution in [2.45, 2.75) is 52.1 Å². The van der Waals surface area contributed by atoms with E-state index in [4.69, 9.17) is 14.5 Å². The molecule has 1 fully saturated rings. The predicted molar refractivity (Wildman–Crippen MR) is 165 cm³/mol. The number of para-hydroxylation sites is 1. The highest BCUT2D eigenvalue weighted by Crippen LogP contribution is 2.33. The van der Waals surface area contributed by atoms with Crippen molar-refractivity contribution >= 4 is 23.2 Å². The van der Waals surface area contributed by atoms with Crippen molar-refractivity contribution in [1.29, 1.82) is 0 Å². The Bertz CT molecular complexity index is 1590. The maximum atomic E-state index is 13.5. The van der Waals surface area contributed by atoms with Gasteiger partial charge in [0.15, 0.2) is 0 Å². The Balaban J connectivity index is 1.23. The number of anilines is 3. The Morgan fingerprint density at radius 3 is 2.62 bits per heavy atom. The number of benzene rings is 2. The molecule has 4 aromatic rings.